The molecule has 6 nitrogen and oxygen atoms in total. The molecule has 0 aliphatic carbocycles. The maximum Gasteiger partial charge on any atom is 0.267 e. The Morgan fingerprint density at radius 2 is 1.60 bits per heavy atom. The van der Waals surface area contributed by atoms with Crippen LogP contribution in [0, 0.1) is 18.6 Å². The summed E-state index contributed by atoms with van der Waals surface area (Å²) in [6, 6.07) is 14.0. The molecule has 1 amide bonds. The molecule has 2 aromatic heterocycles. The largest absolute Gasteiger partial charge is 0.364 e. The van der Waals surface area contributed by atoms with Crippen molar-refractivity contribution in [2.24, 2.45) is 5.73 Å². The van der Waals surface area contributed by atoms with Crippen molar-refractivity contribution in [3.63, 3.8) is 0 Å². The normalized spacial score (nSPS) is 10.9. The fraction of sp³-hybridized carbons (Fsp3) is 0.0455. The van der Waals surface area contributed by atoms with Gasteiger partial charge in [-0.1, -0.05) is 0 Å². The standard InChI is InChI=1S/C22H16F2N4O2/c1-12-10-17(21(25)30)27-22-20(12)18(29)11-19(26-15-6-2-13(23)3-7-15)28(22)16-8-4-14(24)5-9-16/h2-11,26H,1H3,(H2,25,30). The number of hydrogen-bond donors (Lipinski definition) is 2. The van der Waals surface area contributed by atoms with Crippen LogP contribution in [0.2, 0.25) is 0 Å². The highest BCUT2D eigenvalue weighted by atomic mass is 19.1. The molecule has 30 heavy (non-hydrogen) atoms. The third-order valence-corrected chi connectivity index (χ3v) is 4.62. The number of fused-ring (bicyclic) bond motifs is 1. The van der Waals surface area contributed by atoms with Gasteiger partial charge in [0.15, 0.2) is 11.1 Å². The van der Waals surface area contributed by atoms with E-state index >= 15 is 0 Å². The Morgan fingerprint density at radius 1 is 1.00 bits per heavy atom. The van der Waals surface area contributed by atoms with E-state index in [-0.39, 0.29) is 16.8 Å². The van der Waals surface area contributed by atoms with Crippen LogP contribution >= 0.6 is 0 Å². The van der Waals surface area contributed by atoms with E-state index in [1.54, 1.807) is 11.5 Å². The van der Waals surface area contributed by atoms with E-state index in [0.717, 1.165) is 0 Å². The van der Waals surface area contributed by atoms with Gasteiger partial charge in [-0.15, -0.1) is 0 Å². The molecule has 0 spiro atoms. The Morgan fingerprint density at radius 3 is 2.20 bits per heavy atom. The molecule has 4 aromatic rings. The zero-order chi connectivity index (χ0) is 21.4. The first-order valence-electron chi connectivity index (χ1n) is 8.99. The number of amides is 1. The molecule has 0 fully saturated rings. The third-order valence-electron chi connectivity index (χ3n) is 4.62. The van der Waals surface area contributed by atoms with Gasteiger partial charge in [0.2, 0.25) is 0 Å². The number of pyridine rings is 2. The molecule has 2 heterocycles. The lowest BCUT2D eigenvalue weighted by Crippen LogP contribution is -2.19. The highest BCUT2D eigenvalue weighted by molar-refractivity contribution is 5.95. The monoisotopic (exact) mass is 406 g/mol. The first kappa shape index (κ1) is 19.3. The number of rotatable bonds is 4. The molecule has 8 heteroatoms. The quantitative estimate of drug-likeness (QED) is 0.539. The Labute approximate surface area is 169 Å². The van der Waals surface area contributed by atoms with Crippen LogP contribution in [0.5, 0.6) is 0 Å². The number of carbonyl (C=O) groups is 1. The summed E-state index contributed by atoms with van der Waals surface area (Å²) in [5, 5.41) is 3.36. The molecule has 3 N–H and O–H groups in total. The lowest BCUT2D eigenvalue weighted by Gasteiger charge is -2.19. The zero-order valence-electron chi connectivity index (χ0n) is 15.8. The Hall–Kier alpha value is -4.07. The minimum absolute atomic E-state index is 0.00538. The average molecular weight is 406 g/mol. The number of hydrogen-bond acceptors (Lipinski definition) is 4. The highest BCUT2D eigenvalue weighted by Crippen LogP contribution is 2.26. The van der Waals surface area contributed by atoms with Crippen LogP contribution in [0.1, 0.15) is 16.1 Å². The van der Waals surface area contributed by atoms with Crippen LogP contribution < -0.4 is 16.5 Å². The van der Waals surface area contributed by atoms with E-state index < -0.39 is 17.5 Å². The van der Waals surface area contributed by atoms with Gasteiger partial charge >= 0.3 is 0 Å². The topological polar surface area (TPSA) is 90.0 Å². The Kier molecular flexibility index (Phi) is 4.75. The van der Waals surface area contributed by atoms with Crippen LogP contribution in [0.25, 0.3) is 16.7 Å². The van der Waals surface area contributed by atoms with Crippen molar-refractivity contribution >= 4 is 28.4 Å². The summed E-state index contributed by atoms with van der Waals surface area (Å²) < 4.78 is 28.4. The molecule has 0 saturated heterocycles. The number of primary amides is 1. The van der Waals surface area contributed by atoms with Crippen molar-refractivity contribution in [3.8, 4) is 5.69 Å². The first-order chi connectivity index (χ1) is 14.3. The molecule has 0 atom stereocenters. The summed E-state index contributed by atoms with van der Waals surface area (Å²) in [4.78, 5) is 28.9. The van der Waals surface area contributed by atoms with Gasteiger partial charge in [0.05, 0.1) is 5.39 Å². The predicted octanol–water partition coefficient (Wildman–Crippen LogP) is 3.81. The van der Waals surface area contributed by atoms with Gasteiger partial charge in [-0.05, 0) is 67.1 Å². The number of halogens is 2. The van der Waals surface area contributed by atoms with E-state index in [1.165, 1.54) is 60.7 Å². The van der Waals surface area contributed by atoms with Gasteiger partial charge in [-0.2, -0.15) is 0 Å². The van der Waals surface area contributed by atoms with Crippen LogP contribution in [-0.4, -0.2) is 15.5 Å². The molecule has 0 unspecified atom stereocenters. The second kappa shape index (κ2) is 7.40. The summed E-state index contributed by atoms with van der Waals surface area (Å²) in [6.45, 7) is 1.68. The fourth-order valence-corrected chi connectivity index (χ4v) is 3.25. The summed E-state index contributed by atoms with van der Waals surface area (Å²) in [6.07, 6.45) is 0. The van der Waals surface area contributed by atoms with Gasteiger partial charge in [0.25, 0.3) is 5.91 Å². The molecule has 0 aliphatic heterocycles. The summed E-state index contributed by atoms with van der Waals surface area (Å²) >= 11 is 0. The van der Waals surface area contributed by atoms with Gasteiger partial charge < -0.3 is 11.1 Å². The lowest BCUT2D eigenvalue weighted by molar-refractivity contribution is 0.0995. The van der Waals surface area contributed by atoms with Crippen LogP contribution in [0.4, 0.5) is 20.3 Å². The number of benzene rings is 2. The summed E-state index contributed by atoms with van der Waals surface area (Å²) in [5.74, 6) is -1.27. The van der Waals surface area contributed by atoms with E-state index in [2.05, 4.69) is 10.3 Å². The van der Waals surface area contributed by atoms with Crippen LogP contribution in [0.15, 0.2) is 65.5 Å². The average Bonchev–Trinajstić information content (AvgIpc) is 2.70. The van der Waals surface area contributed by atoms with Gasteiger partial charge in [-0.3, -0.25) is 14.2 Å². The molecule has 0 bridgehead atoms. The fourth-order valence-electron chi connectivity index (χ4n) is 3.25. The van der Waals surface area contributed by atoms with Crippen molar-refractivity contribution in [1.82, 2.24) is 9.55 Å². The molecule has 0 aliphatic rings. The number of carbonyl (C=O) groups excluding carboxylic acids is 1. The highest BCUT2D eigenvalue weighted by Gasteiger charge is 2.17. The minimum atomic E-state index is -0.741. The number of nitrogens with one attached hydrogen (secondary N) is 1. The first-order valence-corrected chi connectivity index (χ1v) is 8.99. The Bertz CT molecular complexity index is 1330. The molecule has 2 aromatic carbocycles. The molecular formula is C22H16F2N4O2. The lowest BCUT2D eigenvalue weighted by atomic mass is 10.1. The summed E-state index contributed by atoms with van der Waals surface area (Å²) in [7, 11) is 0. The maximum atomic E-state index is 13.5. The van der Waals surface area contributed by atoms with Crippen molar-refractivity contribution in [2.45, 2.75) is 6.92 Å². The van der Waals surface area contributed by atoms with Crippen molar-refractivity contribution in [2.75, 3.05) is 5.32 Å². The van der Waals surface area contributed by atoms with E-state index in [0.29, 0.717) is 28.1 Å². The van der Waals surface area contributed by atoms with Gasteiger partial charge in [0, 0.05) is 17.4 Å². The molecule has 0 radical (unpaired) electrons. The van der Waals surface area contributed by atoms with E-state index in [1.807, 2.05) is 0 Å². The van der Waals surface area contributed by atoms with Crippen molar-refractivity contribution in [3.05, 3.63) is 93.8 Å². The van der Waals surface area contributed by atoms with Gasteiger partial charge in [-0.25, -0.2) is 13.8 Å². The maximum absolute atomic E-state index is 13.5. The minimum Gasteiger partial charge on any atom is -0.364 e. The van der Waals surface area contributed by atoms with Crippen molar-refractivity contribution in [1.29, 1.82) is 0 Å². The number of aryl methyl sites for hydroxylation is 1. The zero-order valence-corrected chi connectivity index (χ0v) is 15.8. The third kappa shape index (κ3) is 3.50. The molecule has 4 rings (SSSR count). The van der Waals surface area contributed by atoms with Gasteiger partial charge in [0.1, 0.15) is 23.1 Å². The van der Waals surface area contributed by atoms with Crippen molar-refractivity contribution < 1.29 is 13.6 Å². The van der Waals surface area contributed by atoms with E-state index in [9.17, 15) is 18.4 Å². The van der Waals surface area contributed by atoms with Crippen LogP contribution in [0.3, 0.4) is 0 Å². The number of anilines is 2. The molecule has 0 saturated carbocycles. The number of nitrogens with zero attached hydrogens (tertiary/aromatic N) is 2. The predicted molar refractivity (Wildman–Crippen MR) is 110 cm³/mol. The number of aromatic nitrogens is 2. The SMILES string of the molecule is Cc1cc(C(N)=O)nc2c1c(=O)cc(Nc1ccc(F)cc1)n2-c1ccc(F)cc1. The Balaban J connectivity index is 2.05. The van der Waals surface area contributed by atoms with E-state index in [4.69, 9.17) is 5.73 Å². The number of nitrogens with two attached hydrogens (primary N) is 1. The second-order valence-corrected chi connectivity index (χ2v) is 6.72. The molecular weight excluding hydrogens is 390 g/mol. The summed E-state index contributed by atoms with van der Waals surface area (Å²) in [5.41, 5.74) is 6.82. The molecule has 150 valence electrons. The van der Waals surface area contributed by atoms with Crippen LogP contribution in [-0.2, 0) is 0 Å². The smallest absolute Gasteiger partial charge is 0.267 e. The second-order valence-electron chi connectivity index (χ2n) is 6.72.